The minimum Gasteiger partial charge on any atom is -0.482 e. The molecule has 1 aromatic carbocycles. The first-order valence-corrected chi connectivity index (χ1v) is 5.12. The molecule has 18 heavy (non-hydrogen) atoms. The molecular formula is C12H12N2O4. The van der Waals surface area contributed by atoms with Gasteiger partial charge >= 0.3 is 5.97 Å². The minimum atomic E-state index is -1.09. The highest BCUT2D eigenvalue weighted by molar-refractivity contribution is 5.82. The summed E-state index contributed by atoms with van der Waals surface area (Å²) in [6.45, 7) is -0.690. The fourth-order valence-corrected chi connectivity index (χ4v) is 1.23. The van der Waals surface area contributed by atoms with Gasteiger partial charge in [-0.2, -0.15) is 5.26 Å². The van der Waals surface area contributed by atoms with Gasteiger partial charge in [0.15, 0.2) is 6.61 Å². The maximum Gasteiger partial charge on any atom is 0.323 e. The Kier molecular flexibility index (Phi) is 4.69. The molecule has 0 spiro atoms. The smallest absolute Gasteiger partial charge is 0.323 e. The lowest BCUT2D eigenvalue weighted by molar-refractivity contribution is -0.144. The number of carboxylic acids is 1. The van der Waals surface area contributed by atoms with Crippen molar-refractivity contribution in [3.63, 3.8) is 0 Å². The molecule has 1 N–H and O–H groups in total. The van der Waals surface area contributed by atoms with E-state index in [1.165, 1.54) is 7.05 Å². The maximum atomic E-state index is 11.5. The lowest BCUT2D eigenvalue weighted by Gasteiger charge is -2.15. The number of carbonyl (C=O) groups is 2. The molecule has 94 valence electrons. The first-order valence-electron chi connectivity index (χ1n) is 5.12. The number of carbonyl (C=O) groups excluding carboxylic acids is 1. The second-order valence-electron chi connectivity index (χ2n) is 3.54. The predicted molar refractivity (Wildman–Crippen MR) is 61.9 cm³/mol. The van der Waals surface area contributed by atoms with Crippen molar-refractivity contribution in [3.8, 4) is 11.8 Å². The molecule has 1 rings (SSSR count). The summed E-state index contributed by atoms with van der Waals surface area (Å²) in [6.07, 6.45) is 0. The average molecular weight is 248 g/mol. The molecule has 0 saturated heterocycles. The Bertz CT molecular complexity index is 493. The zero-order valence-corrected chi connectivity index (χ0v) is 9.79. The Balaban J connectivity index is 2.58. The monoisotopic (exact) mass is 248 g/mol. The topological polar surface area (TPSA) is 90.6 Å². The summed E-state index contributed by atoms with van der Waals surface area (Å²) < 4.78 is 5.19. The van der Waals surface area contributed by atoms with E-state index in [0.717, 1.165) is 4.90 Å². The van der Waals surface area contributed by atoms with Gasteiger partial charge in [0, 0.05) is 7.05 Å². The largest absolute Gasteiger partial charge is 0.482 e. The molecule has 0 atom stereocenters. The number of ether oxygens (including phenoxy) is 1. The lowest BCUT2D eigenvalue weighted by Crippen LogP contribution is -2.35. The molecule has 0 heterocycles. The Morgan fingerprint density at radius 1 is 1.44 bits per heavy atom. The van der Waals surface area contributed by atoms with Gasteiger partial charge in [-0.15, -0.1) is 0 Å². The summed E-state index contributed by atoms with van der Waals surface area (Å²) in [5.74, 6) is -1.26. The molecule has 0 aliphatic carbocycles. The number of hydrogen-bond donors (Lipinski definition) is 1. The van der Waals surface area contributed by atoms with Crippen molar-refractivity contribution < 1.29 is 19.4 Å². The van der Waals surface area contributed by atoms with Gasteiger partial charge < -0.3 is 14.7 Å². The van der Waals surface area contributed by atoms with Gasteiger partial charge in [0.05, 0.1) is 5.56 Å². The molecule has 0 unspecified atom stereocenters. The fourth-order valence-electron chi connectivity index (χ4n) is 1.23. The molecule has 1 amide bonds. The SMILES string of the molecule is CN(CC(=O)O)C(=O)COc1ccccc1C#N. The molecule has 0 fully saturated rings. The second-order valence-corrected chi connectivity index (χ2v) is 3.54. The molecule has 0 aromatic heterocycles. The Morgan fingerprint density at radius 2 is 2.11 bits per heavy atom. The second kappa shape index (κ2) is 6.25. The molecule has 0 radical (unpaired) electrons. The normalized spacial score (nSPS) is 9.33. The van der Waals surface area contributed by atoms with Crippen molar-refractivity contribution >= 4 is 11.9 Å². The number of likely N-dealkylation sites (N-methyl/N-ethyl adjacent to an activating group) is 1. The van der Waals surface area contributed by atoms with Crippen LogP contribution in [0.4, 0.5) is 0 Å². The molecule has 0 aliphatic rings. The third-order valence-electron chi connectivity index (χ3n) is 2.16. The molecule has 0 bridgehead atoms. The van der Waals surface area contributed by atoms with E-state index >= 15 is 0 Å². The Morgan fingerprint density at radius 3 is 2.72 bits per heavy atom. The van der Waals surface area contributed by atoms with E-state index in [0.29, 0.717) is 11.3 Å². The van der Waals surface area contributed by atoms with Crippen molar-refractivity contribution in [3.05, 3.63) is 29.8 Å². The molecule has 1 aromatic rings. The lowest BCUT2D eigenvalue weighted by atomic mass is 10.2. The third-order valence-corrected chi connectivity index (χ3v) is 2.16. The number of hydrogen-bond acceptors (Lipinski definition) is 4. The quantitative estimate of drug-likeness (QED) is 0.818. The van der Waals surface area contributed by atoms with Crippen molar-refractivity contribution in [2.24, 2.45) is 0 Å². The van der Waals surface area contributed by atoms with E-state index in [4.69, 9.17) is 15.1 Å². The van der Waals surface area contributed by atoms with Crippen LogP contribution in [0.15, 0.2) is 24.3 Å². The van der Waals surface area contributed by atoms with Gasteiger partial charge in [-0.05, 0) is 12.1 Å². The van der Waals surface area contributed by atoms with Crippen LogP contribution in [-0.2, 0) is 9.59 Å². The number of nitrogens with zero attached hydrogens (tertiary/aromatic N) is 2. The van der Waals surface area contributed by atoms with Crippen LogP contribution >= 0.6 is 0 Å². The first kappa shape index (κ1) is 13.5. The summed E-state index contributed by atoms with van der Waals surface area (Å²) in [6, 6.07) is 8.45. The minimum absolute atomic E-state index is 0.303. The summed E-state index contributed by atoms with van der Waals surface area (Å²) in [5.41, 5.74) is 0.325. The number of para-hydroxylation sites is 1. The zero-order chi connectivity index (χ0) is 13.5. The van der Waals surface area contributed by atoms with Crippen LogP contribution in [-0.4, -0.2) is 42.1 Å². The predicted octanol–water partition coefficient (Wildman–Crippen LogP) is 0.480. The Hall–Kier alpha value is -2.55. The van der Waals surface area contributed by atoms with E-state index < -0.39 is 11.9 Å². The van der Waals surface area contributed by atoms with E-state index in [9.17, 15) is 9.59 Å². The van der Waals surface area contributed by atoms with Gasteiger partial charge in [-0.1, -0.05) is 12.1 Å². The molecule has 0 aliphatic heterocycles. The third kappa shape index (κ3) is 3.79. The number of benzene rings is 1. The van der Waals surface area contributed by atoms with Crippen molar-refractivity contribution in [1.82, 2.24) is 4.90 Å². The first-order chi connectivity index (χ1) is 8.54. The van der Waals surface area contributed by atoms with Crippen molar-refractivity contribution in [1.29, 1.82) is 5.26 Å². The van der Waals surface area contributed by atoms with Gasteiger partial charge in [-0.3, -0.25) is 9.59 Å². The number of nitriles is 1. The van der Waals surface area contributed by atoms with Crippen LogP contribution in [0, 0.1) is 11.3 Å². The van der Waals surface area contributed by atoms with E-state index in [2.05, 4.69) is 0 Å². The van der Waals surface area contributed by atoms with Gasteiger partial charge in [-0.25, -0.2) is 0 Å². The Labute approximate surface area is 104 Å². The van der Waals surface area contributed by atoms with Crippen LogP contribution in [0.3, 0.4) is 0 Å². The fraction of sp³-hybridized carbons (Fsp3) is 0.250. The van der Waals surface area contributed by atoms with Crippen LogP contribution in [0.5, 0.6) is 5.75 Å². The van der Waals surface area contributed by atoms with Crippen LogP contribution in [0.1, 0.15) is 5.56 Å². The van der Waals surface area contributed by atoms with Crippen molar-refractivity contribution in [2.75, 3.05) is 20.2 Å². The van der Waals surface area contributed by atoms with E-state index in [-0.39, 0.29) is 13.2 Å². The maximum absolute atomic E-state index is 11.5. The summed E-state index contributed by atoms with van der Waals surface area (Å²) >= 11 is 0. The highest BCUT2D eigenvalue weighted by Gasteiger charge is 2.13. The zero-order valence-electron chi connectivity index (χ0n) is 9.79. The number of amides is 1. The molecule has 6 heteroatoms. The number of carboxylic acid groups (broad SMARTS) is 1. The van der Waals surface area contributed by atoms with Crippen LogP contribution in [0.2, 0.25) is 0 Å². The van der Waals surface area contributed by atoms with Gasteiger partial charge in [0.1, 0.15) is 18.4 Å². The molecule has 6 nitrogen and oxygen atoms in total. The molecule has 0 saturated carbocycles. The van der Waals surface area contributed by atoms with Gasteiger partial charge in [0.2, 0.25) is 0 Å². The number of aliphatic carboxylic acids is 1. The summed E-state index contributed by atoms with van der Waals surface area (Å²) in [7, 11) is 1.37. The van der Waals surface area contributed by atoms with Gasteiger partial charge in [0.25, 0.3) is 5.91 Å². The van der Waals surface area contributed by atoms with Crippen molar-refractivity contribution in [2.45, 2.75) is 0 Å². The standard InChI is InChI=1S/C12H12N2O4/c1-14(7-12(16)17)11(15)8-18-10-5-3-2-4-9(10)6-13/h2-5H,7-8H2,1H3,(H,16,17). The van der Waals surface area contributed by atoms with Crippen LogP contribution in [0.25, 0.3) is 0 Å². The highest BCUT2D eigenvalue weighted by atomic mass is 16.5. The molecular weight excluding hydrogens is 236 g/mol. The van der Waals surface area contributed by atoms with E-state index in [1.54, 1.807) is 24.3 Å². The van der Waals surface area contributed by atoms with Crippen LogP contribution < -0.4 is 4.74 Å². The number of rotatable bonds is 5. The van der Waals surface area contributed by atoms with E-state index in [1.807, 2.05) is 6.07 Å². The summed E-state index contributed by atoms with van der Waals surface area (Å²) in [4.78, 5) is 23.0. The highest BCUT2D eigenvalue weighted by Crippen LogP contribution is 2.16. The average Bonchev–Trinajstić information content (AvgIpc) is 2.35. The summed E-state index contributed by atoms with van der Waals surface area (Å²) in [5, 5.41) is 17.3.